The Morgan fingerprint density at radius 1 is 1.24 bits per heavy atom. The van der Waals surface area contributed by atoms with Crippen LogP contribution < -0.4 is 5.32 Å². The first-order valence-electron chi connectivity index (χ1n) is 6.68. The molecule has 1 heterocycles. The van der Waals surface area contributed by atoms with Crippen LogP contribution in [0.5, 0.6) is 0 Å². The summed E-state index contributed by atoms with van der Waals surface area (Å²) in [5.74, 6) is 0. The molecule has 0 saturated heterocycles. The molecule has 0 spiro atoms. The van der Waals surface area contributed by atoms with Gasteiger partial charge in [-0.05, 0) is 31.2 Å². The molecule has 1 N–H and O–H groups in total. The van der Waals surface area contributed by atoms with Gasteiger partial charge in [0.2, 0.25) is 0 Å². The molecule has 0 radical (unpaired) electrons. The molecule has 0 atom stereocenters. The number of nitrogens with zero attached hydrogens (tertiary/aromatic N) is 2. The summed E-state index contributed by atoms with van der Waals surface area (Å²) < 4.78 is 4.97. The Morgan fingerprint density at radius 3 is 2.90 bits per heavy atom. The fourth-order valence-electron chi connectivity index (χ4n) is 1.79. The molecule has 2 aromatic rings. The largest absolute Gasteiger partial charge is 0.383 e. The number of methoxy groups -OCH3 is 1. The highest BCUT2D eigenvalue weighted by Crippen LogP contribution is 2.32. The first kappa shape index (κ1) is 16.6. The summed E-state index contributed by atoms with van der Waals surface area (Å²) in [7, 11) is 1.70. The van der Waals surface area contributed by atoms with Gasteiger partial charge in [0.15, 0.2) is 0 Å². The molecule has 1 aromatic heterocycles. The van der Waals surface area contributed by atoms with E-state index in [1.807, 2.05) is 6.07 Å². The maximum Gasteiger partial charge on any atom is 0.149 e. The number of nitrogens with one attached hydrogen (secondary N) is 1. The summed E-state index contributed by atoms with van der Waals surface area (Å²) in [6.45, 7) is 2.54. The van der Waals surface area contributed by atoms with Gasteiger partial charge < -0.3 is 10.1 Å². The van der Waals surface area contributed by atoms with E-state index in [0.717, 1.165) is 48.1 Å². The Balaban J connectivity index is 1.88. The van der Waals surface area contributed by atoms with Crippen molar-refractivity contribution in [2.45, 2.75) is 12.8 Å². The van der Waals surface area contributed by atoms with Crippen molar-refractivity contribution >= 4 is 34.5 Å². The van der Waals surface area contributed by atoms with Crippen LogP contribution in [0.3, 0.4) is 0 Å². The number of halogens is 2. The third-order valence-electron chi connectivity index (χ3n) is 2.85. The van der Waals surface area contributed by atoms with Gasteiger partial charge >= 0.3 is 0 Å². The Morgan fingerprint density at radius 2 is 2.10 bits per heavy atom. The normalized spacial score (nSPS) is 11.0. The number of benzene rings is 1. The number of ether oxygens (including phenoxy) is 1. The summed E-state index contributed by atoms with van der Waals surface area (Å²) in [4.78, 5) is 0. The molecule has 0 amide bonds. The van der Waals surface area contributed by atoms with Crippen molar-refractivity contribution in [3.63, 3.8) is 0 Å². The number of aromatic nitrogens is 2. The lowest BCUT2D eigenvalue weighted by atomic mass is 10.2. The molecular formula is C14H17Cl2N3OS. The van der Waals surface area contributed by atoms with E-state index in [4.69, 9.17) is 27.9 Å². The van der Waals surface area contributed by atoms with Crippen LogP contribution in [0.15, 0.2) is 18.2 Å². The van der Waals surface area contributed by atoms with Gasteiger partial charge in [-0.25, -0.2) is 0 Å². The quantitative estimate of drug-likeness (QED) is 0.741. The van der Waals surface area contributed by atoms with Crippen molar-refractivity contribution in [1.82, 2.24) is 15.5 Å². The zero-order chi connectivity index (χ0) is 15.1. The standard InChI is InChI=1S/C14H17Cl2N3OS/c1-20-8-7-17-6-2-3-13-18-19-14(21-13)11-9-10(15)4-5-12(11)16/h4-5,9,17H,2-3,6-8H2,1H3. The highest BCUT2D eigenvalue weighted by atomic mass is 35.5. The number of aryl methyl sites for hydroxylation is 1. The number of hydrogen-bond donors (Lipinski definition) is 1. The third kappa shape index (κ3) is 5.20. The lowest BCUT2D eigenvalue weighted by molar-refractivity contribution is 0.199. The molecule has 0 aliphatic rings. The lowest BCUT2D eigenvalue weighted by Gasteiger charge is -2.02. The minimum absolute atomic E-state index is 0.642. The smallest absolute Gasteiger partial charge is 0.149 e. The van der Waals surface area contributed by atoms with Crippen molar-refractivity contribution in [3.8, 4) is 10.6 Å². The van der Waals surface area contributed by atoms with Crippen LogP contribution >= 0.6 is 34.5 Å². The SMILES string of the molecule is COCCNCCCc1nnc(-c2cc(Cl)ccc2Cl)s1. The van der Waals surface area contributed by atoms with Gasteiger partial charge in [0, 0.05) is 30.7 Å². The molecule has 0 unspecified atom stereocenters. The lowest BCUT2D eigenvalue weighted by Crippen LogP contribution is -2.20. The molecule has 2 rings (SSSR count). The van der Waals surface area contributed by atoms with Gasteiger partial charge in [-0.15, -0.1) is 10.2 Å². The molecule has 0 fully saturated rings. The molecule has 114 valence electrons. The van der Waals surface area contributed by atoms with Crippen molar-refractivity contribution in [2.24, 2.45) is 0 Å². The first-order chi connectivity index (χ1) is 10.2. The number of hydrogen-bond acceptors (Lipinski definition) is 5. The highest BCUT2D eigenvalue weighted by Gasteiger charge is 2.10. The van der Waals surface area contributed by atoms with E-state index in [9.17, 15) is 0 Å². The molecule has 7 heteroatoms. The van der Waals surface area contributed by atoms with Gasteiger partial charge in [0.05, 0.1) is 11.6 Å². The van der Waals surface area contributed by atoms with Crippen molar-refractivity contribution in [1.29, 1.82) is 0 Å². The van der Waals surface area contributed by atoms with Crippen molar-refractivity contribution in [2.75, 3.05) is 26.8 Å². The molecule has 0 aliphatic carbocycles. The molecule has 4 nitrogen and oxygen atoms in total. The molecule has 21 heavy (non-hydrogen) atoms. The summed E-state index contributed by atoms with van der Waals surface area (Å²) in [6, 6.07) is 5.36. The topological polar surface area (TPSA) is 47.0 Å². The summed E-state index contributed by atoms with van der Waals surface area (Å²) >= 11 is 13.7. The van der Waals surface area contributed by atoms with Crippen molar-refractivity contribution < 1.29 is 4.74 Å². The van der Waals surface area contributed by atoms with Gasteiger partial charge in [0.1, 0.15) is 10.0 Å². The second-order valence-corrected chi connectivity index (χ2v) is 6.38. The maximum atomic E-state index is 6.17. The van der Waals surface area contributed by atoms with E-state index in [1.54, 1.807) is 30.6 Å². The fraction of sp³-hybridized carbons (Fsp3) is 0.429. The van der Waals surface area contributed by atoms with Crippen molar-refractivity contribution in [3.05, 3.63) is 33.3 Å². The van der Waals surface area contributed by atoms with Gasteiger partial charge in [-0.2, -0.15) is 0 Å². The average molecular weight is 346 g/mol. The third-order valence-corrected chi connectivity index (χ3v) is 4.43. The fourth-order valence-corrected chi connectivity index (χ4v) is 3.14. The Kier molecular flexibility index (Phi) is 6.86. The van der Waals surface area contributed by atoms with Crippen LogP contribution in [0.2, 0.25) is 10.0 Å². The Hall–Kier alpha value is -0.720. The maximum absolute atomic E-state index is 6.17. The molecule has 0 saturated carbocycles. The predicted octanol–water partition coefficient (Wildman–Crippen LogP) is 3.68. The Bertz CT molecular complexity index is 577. The van der Waals surface area contributed by atoms with Crippen LogP contribution in [0.4, 0.5) is 0 Å². The van der Waals surface area contributed by atoms with Crippen LogP contribution in [-0.4, -0.2) is 37.0 Å². The molecule has 0 bridgehead atoms. The molecule has 1 aromatic carbocycles. The summed E-state index contributed by atoms with van der Waals surface area (Å²) in [6.07, 6.45) is 1.91. The second kappa shape index (κ2) is 8.66. The van der Waals surface area contributed by atoms with Crippen LogP contribution in [0, 0.1) is 0 Å². The van der Waals surface area contributed by atoms with Gasteiger partial charge in [-0.3, -0.25) is 0 Å². The van der Waals surface area contributed by atoms with E-state index in [2.05, 4.69) is 15.5 Å². The minimum Gasteiger partial charge on any atom is -0.383 e. The Labute approximate surface area is 138 Å². The van der Waals surface area contributed by atoms with Gasteiger partial charge in [0.25, 0.3) is 0 Å². The van der Waals surface area contributed by atoms with Crippen LogP contribution in [0.1, 0.15) is 11.4 Å². The minimum atomic E-state index is 0.642. The van der Waals surface area contributed by atoms with Crippen LogP contribution in [0.25, 0.3) is 10.6 Å². The number of rotatable bonds is 8. The van der Waals surface area contributed by atoms with E-state index in [-0.39, 0.29) is 0 Å². The van der Waals surface area contributed by atoms with Gasteiger partial charge in [-0.1, -0.05) is 34.5 Å². The van der Waals surface area contributed by atoms with E-state index in [0.29, 0.717) is 10.0 Å². The zero-order valence-electron chi connectivity index (χ0n) is 11.7. The van der Waals surface area contributed by atoms with Crippen LogP contribution in [-0.2, 0) is 11.2 Å². The van der Waals surface area contributed by atoms with E-state index < -0.39 is 0 Å². The average Bonchev–Trinajstić information content (AvgIpc) is 2.94. The van der Waals surface area contributed by atoms with E-state index >= 15 is 0 Å². The first-order valence-corrected chi connectivity index (χ1v) is 8.25. The molecule has 0 aliphatic heterocycles. The zero-order valence-corrected chi connectivity index (χ0v) is 14.1. The monoisotopic (exact) mass is 345 g/mol. The molecular weight excluding hydrogens is 329 g/mol. The second-order valence-electron chi connectivity index (χ2n) is 4.47. The predicted molar refractivity (Wildman–Crippen MR) is 88.4 cm³/mol. The van der Waals surface area contributed by atoms with E-state index in [1.165, 1.54) is 0 Å². The summed E-state index contributed by atoms with van der Waals surface area (Å²) in [5, 5.41) is 14.8. The highest BCUT2D eigenvalue weighted by molar-refractivity contribution is 7.14. The summed E-state index contributed by atoms with van der Waals surface area (Å²) in [5.41, 5.74) is 0.839.